The molecule has 2 rings (SSSR count). The summed E-state index contributed by atoms with van der Waals surface area (Å²) in [6.07, 6.45) is 0. The summed E-state index contributed by atoms with van der Waals surface area (Å²) >= 11 is 15.3. The highest BCUT2D eigenvalue weighted by molar-refractivity contribution is 9.10. The highest BCUT2D eigenvalue weighted by atomic mass is 79.9. The summed E-state index contributed by atoms with van der Waals surface area (Å²) in [6, 6.07) is 11.5. The van der Waals surface area contributed by atoms with Gasteiger partial charge in [0.2, 0.25) is 0 Å². The molecule has 0 atom stereocenters. The van der Waals surface area contributed by atoms with Gasteiger partial charge in [-0.05, 0) is 36.4 Å². The first-order chi connectivity index (χ1) is 9.51. The highest BCUT2D eigenvalue weighted by Gasteiger charge is 2.12. The molecule has 0 aliphatic carbocycles. The first-order valence-corrected chi connectivity index (χ1v) is 7.02. The lowest BCUT2D eigenvalue weighted by Crippen LogP contribution is -2.12. The van der Waals surface area contributed by atoms with Crippen LogP contribution >= 0.6 is 39.1 Å². The van der Waals surface area contributed by atoms with Crippen LogP contribution in [0.15, 0.2) is 40.9 Å². The van der Waals surface area contributed by atoms with Gasteiger partial charge in [-0.25, -0.2) is 0 Å². The molecule has 0 saturated heterocycles. The van der Waals surface area contributed by atoms with Crippen molar-refractivity contribution in [3.05, 3.63) is 62.0 Å². The molecule has 2 aromatic rings. The lowest BCUT2D eigenvalue weighted by atomic mass is 10.1. The van der Waals surface area contributed by atoms with Crippen molar-refractivity contribution < 1.29 is 4.79 Å². The molecular weight excluding hydrogens is 363 g/mol. The Hall–Kier alpha value is -1.54. The van der Waals surface area contributed by atoms with Crippen molar-refractivity contribution in [2.75, 3.05) is 5.32 Å². The minimum absolute atomic E-state index is 0.339. The third-order valence-electron chi connectivity index (χ3n) is 2.52. The minimum atomic E-state index is -0.347. The molecule has 100 valence electrons. The normalized spacial score (nSPS) is 9.90. The molecule has 0 radical (unpaired) electrons. The van der Waals surface area contributed by atoms with Crippen LogP contribution < -0.4 is 5.32 Å². The van der Waals surface area contributed by atoms with Crippen LogP contribution in [-0.2, 0) is 0 Å². The molecule has 1 amide bonds. The van der Waals surface area contributed by atoms with Gasteiger partial charge < -0.3 is 5.32 Å². The highest BCUT2D eigenvalue weighted by Crippen LogP contribution is 2.34. The number of nitrogens with zero attached hydrogens (tertiary/aromatic N) is 1. The lowest BCUT2D eigenvalue weighted by molar-refractivity contribution is 0.102. The fourth-order valence-corrected chi connectivity index (χ4v) is 2.85. The van der Waals surface area contributed by atoms with E-state index >= 15 is 0 Å². The molecule has 0 aliphatic rings. The quantitative estimate of drug-likeness (QED) is 0.820. The van der Waals surface area contributed by atoms with Crippen LogP contribution in [0.5, 0.6) is 0 Å². The minimum Gasteiger partial charge on any atom is -0.319 e. The molecule has 1 N–H and O–H groups in total. The van der Waals surface area contributed by atoms with E-state index in [9.17, 15) is 4.79 Å². The molecule has 6 heteroatoms. The number of anilines is 1. The number of rotatable bonds is 2. The van der Waals surface area contributed by atoms with E-state index in [2.05, 4.69) is 21.2 Å². The van der Waals surface area contributed by atoms with Gasteiger partial charge in [-0.15, -0.1) is 0 Å². The van der Waals surface area contributed by atoms with Crippen molar-refractivity contribution in [2.24, 2.45) is 0 Å². The lowest BCUT2D eigenvalue weighted by Gasteiger charge is -2.10. The fourth-order valence-electron chi connectivity index (χ4n) is 1.54. The molecule has 0 aliphatic heterocycles. The Balaban J connectivity index is 2.26. The van der Waals surface area contributed by atoms with Gasteiger partial charge in [0.1, 0.15) is 0 Å². The molecule has 0 heterocycles. The van der Waals surface area contributed by atoms with Crippen LogP contribution in [-0.4, -0.2) is 5.91 Å². The van der Waals surface area contributed by atoms with Gasteiger partial charge in [0.05, 0.1) is 27.4 Å². The summed E-state index contributed by atoms with van der Waals surface area (Å²) in [5, 5.41) is 12.0. The second-order valence-corrected chi connectivity index (χ2v) is 5.62. The van der Waals surface area contributed by atoms with Gasteiger partial charge in [0.15, 0.2) is 0 Å². The monoisotopic (exact) mass is 368 g/mol. The van der Waals surface area contributed by atoms with Crippen molar-refractivity contribution >= 4 is 50.7 Å². The molecule has 0 aromatic heterocycles. The number of nitriles is 1. The molecule has 20 heavy (non-hydrogen) atoms. The average Bonchev–Trinajstić information content (AvgIpc) is 2.42. The Kier molecular flexibility index (Phi) is 4.66. The van der Waals surface area contributed by atoms with E-state index in [0.29, 0.717) is 26.9 Å². The second-order valence-electron chi connectivity index (χ2n) is 3.89. The number of nitrogens with one attached hydrogen (secondary N) is 1. The van der Waals surface area contributed by atoms with Gasteiger partial charge in [-0.2, -0.15) is 5.26 Å². The summed E-state index contributed by atoms with van der Waals surface area (Å²) in [5.41, 5.74) is 1.26. The third kappa shape index (κ3) is 3.31. The predicted octanol–water partition coefficient (Wildman–Crippen LogP) is 4.88. The first kappa shape index (κ1) is 14.9. The fraction of sp³-hybridized carbons (Fsp3) is 0. The number of hydrogen-bond donors (Lipinski definition) is 1. The molecular formula is C14H7BrCl2N2O. The molecule has 2 aromatic carbocycles. The zero-order valence-corrected chi connectivity index (χ0v) is 13.1. The van der Waals surface area contributed by atoms with Crippen molar-refractivity contribution in [3.63, 3.8) is 0 Å². The van der Waals surface area contributed by atoms with Crippen LogP contribution in [0.2, 0.25) is 10.0 Å². The number of halogens is 3. The molecule has 0 saturated carbocycles. The maximum absolute atomic E-state index is 12.1. The zero-order valence-electron chi connectivity index (χ0n) is 9.95. The second kappa shape index (κ2) is 6.27. The average molecular weight is 370 g/mol. The standard InChI is InChI=1S/C14H7BrCl2N2O/c15-10-5-11(16)13(12(17)6-10)19-14(20)9-3-1-8(7-18)2-4-9/h1-6H,(H,19,20). The Bertz CT molecular complexity index is 685. The number of hydrogen-bond acceptors (Lipinski definition) is 2. The molecule has 0 bridgehead atoms. The van der Waals surface area contributed by atoms with Crippen LogP contribution in [0, 0.1) is 11.3 Å². The van der Waals surface area contributed by atoms with Crippen molar-refractivity contribution in [3.8, 4) is 6.07 Å². The Morgan fingerprint density at radius 2 is 1.70 bits per heavy atom. The van der Waals surface area contributed by atoms with Crippen molar-refractivity contribution in [1.29, 1.82) is 5.26 Å². The van der Waals surface area contributed by atoms with Gasteiger partial charge in [-0.3, -0.25) is 4.79 Å². The first-order valence-electron chi connectivity index (χ1n) is 5.47. The van der Waals surface area contributed by atoms with Gasteiger partial charge in [0.25, 0.3) is 5.91 Å². The predicted molar refractivity (Wildman–Crippen MR) is 83.3 cm³/mol. The molecule has 0 spiro atoms. The molecule has 0 fully saturated rings. The van der Waals surface area contributed by atoms with Crippen molar-refractivity contribution in [2.45, 2.75) is 0 Å². The number of amides is 1. The Morgan fingerprint density at radius 3 is 2.20 bits per heavy atom. The summed E-state index contributed by atoms with van der Waals surface area (Å²) < 4.78 is 0.726. The van der Waals surface area contributed by atoms with Gasteiger partial charge in [0, 0.05) is 10.0 Å². The van der Waals surface area contributed by atoms with Gasteiger partial charge in [-0.1, -0.05) is 39.1 Å². The van der Waals surface area contributed by atoms with E-state index in [4.69, 9.17) is 28.5 Å². The van der Waals surface area contributed by atoms with Crippen LogP contribution in [0.4, 0.5) is 5.69 Å². The summed E-state index contributed by atoms with van der Waals surface area (Å²) in [6.45, 7) is 0. The van der Waals surface area contributed by atoms with Crippen LogP contribution in [0.3, 0.4) is 0 Å². The molecule has 3 nitrogen and oxygen atoms in total. The Morgan fingerprint density at radius 1 is 1.15 bits per heavy atom. The van der Waals surface area contributed by atoms with E-state index in [1.165, 1.54) is 0 Å². The van der Waals surface area contributed by atoms with E-state index in [1.54, 1.807) is 36.4 Å². The molecule has 0 unspecified atom stereocenters. The van der Waals surface area contributed by atoms with E-state index in [1.807, 2.05) is 6.07 Å². The topological polar surface area (TPSA) is 52.9 Å². The number of benzene rings is 2. The smallest absolute Gasteiger partial charge is 0.255 e. The summed E-state index contributed by atoms with van der Waals surface area (Å²) in [4.78, 5) is 12.1. The third-order valence-corrected chi connectivity index (χ3v) is 3.58. The van der Waals surface area contributed by atoms with E-state index in [-0.39, 0.29) is 5.91 Å². The SMILES string of the molecule is N#Cc1ccc(C(=O)Nc2c(Cl)cc(Br)cc2Cl)cc1. The van der Waals surface area contributed by atoms with Crippen molar-refractivity contribution in [1.82, 2.24) is 0 Å². The largest absolute Gasteiger partial charge is 0.319 e. The number of carbonyl (C=O) groups is 1. The van der Waals surface area contributed by atoms with Gasteiger partial charge >= 0.3 is 0 Å². The van der Waals surface area contributed by atoms with E-state index < -0.39 is 0 Å². The van der Waals surface area contributed by atoms with Crippen LogP contribution in [0.25, 0.3) is 0 Å². The summed E-state index contributed by atoms with van der Waals surface area (Å²) in [7, 11) is 0. The Labute approximate surface area is 134 Å². The maximum Gasteiger partial charge on any atom is 0.255 e. The number of carbonyl (C=O) groups excluding carboxylic acids is 1. The zero-order chi connectivity index (χ0) is 14.7. The van der Waals surface area contributed by atoms with E-state index in [0.717, 1.165) is 4.47 Å². The van der Waals surface area contributed by atoms with Crippen LogP contribution in [0.1, 0.15) is 15.9 Å². The maximum atomic E-state index is 12.1. The summed E-state index contributed by atoms with van der Waals surface area (Å²) in [5.74, 6) is -0.347.